The Morgan fingerprint density at radius 2 is 1.68 bits per heavy atom. The van der Waals surface area contributed by atoms with Crippen LogP contribution >= 0.6 is 11.8 Å². The van der Waals surface area contributed by atoms with Gasteiger partial charge in [-0.1, -0.05) is 36.4 Å². The number of piperazine rings is 1. The first-order valence-corrected chi connectivity index (χ1v) is 14.0. The molecule has 2 aliphatic rings. The maximum absolute atomic E-state index is 13.3. The Morgan fingerprint density at radius 3 is 2.46 bits per heavy atom. The lowest BCUT2D eigenvalue weighted by Crippen LogP contribution is -2.49. The van der Waals surface area contributed by atoms with Gasteiger partial charge >= 0.3 is 0 Å². The second kappa shape index (κ2) is 10.9. The zero-order valence-corrected chi connectivity index (χ0v) is 22.5. The molecule has 0 aliphatic carbocycles. The first-order chi connectivity index (χ1) is 17.9. The lowest BCUT2D eigenvalue weighted by molar-refractivity contribution is -0.116. The van der Waals surface area contributed by atoms with Crippen LogP contribution in [0.5, 0.6) is 0 Å². The fourth-order valence-corrected chi connectivity index (χ4v) is 6.10. The molecule has 2 N–H and O–H groups in total. The van der Waals surface area contributed by atoms with Crippen LogP contribution in [-0.4, -0.2) is 54.7 Å². The second-order valence-corrected chi connectivity index (χ2v) is 10.9. The first-order valence-electron chi connectivity index (χ1n) is 12.8. The summed E-state index contributed by atoms with van der Waals surface area (Å²) >= 11 is 1.74. The number of fused-ring (bicyclic) bond motifs is 1. The summed E-state index contributed by atoms with van der Waals surface area (Å²) in [5.74, 6) is 1.49. The third-order valence-electron chi connectivity index (χ3n) is 7.46. The van der Waals surface area contributed by atoms with Crippen LogP contribution in [0.2, 0.25) is 0 Å². The predicted octanol–water partition coefficient (Wildman–Crippen LogP) is 5.24. The van der Waals surface area contributed by atoms with Gasteiger partial charge in [0, 0.05) is 48.9 Å². The van der Waals surface area contributed by atoms with E-state index in [4.69, 9.17) is 0 Å². The van der Waals surface area contributed by atoms with E-state index in [1.807, 2.05) is 23.1 Å². The van der Waals surface area contributed by atoms with Crippen molar-refractivity contribution in [2.24, 2.45) is 0 Å². The van der Waals surface area contributed by atoms with E-state index in [2.05, 4.69) is 72.7 Å². The van der Waals surface area contributed by atoms with Crippen molar-refractivity contribution in [1.29, 1.82) is 0 Å². The summed E-state index contributed by atoms with van der Waals surface area (Å²) < 4.78 is 0. The van der Waals surface area contributed by atoms with Crippen LogP contribution in [0.15, 0.2) is 60.7 Å². The van der Waals surface area contributed by atoms with Gasteiger partial charge in [-0.3, -0.25) is 9.59 Å². The molecule has 0 radical (unpaired) electrons. The Bertz CT molecular complexity index is 1320. The quantitative estimate of drug-likeness (QED) is 0.471. The van der Waals surface area contributed by atoms with Crippen molar-refractivity contribution >= 4 is 40.6 Å². The minimum Gasteiger partial charge on any atom is -0.371 e. The van der Waals surface area contributed by atoms with E-state index in [9.17, 15) is 9.59 Å². The molecular weight excluding hydrogens is 480 g/mol. The number of carbonyl (C=O) groups is 2. The van der Waals surface area contributed by atoms with Crippen LogP contribution < -0.4 is 15.5 Å². The lowest BCUT2D eigenvalue weighted by atomic mass is 10.1. The fraction of sp³-hybridized carbons (Fsp3) is 0.333. The summed E-state index contributed by atoms with van der Waals surface area (Å²) in [6, 6.07) is 20.0. The molecule has 1 unspecified atom stereocenters. The summed E-state index contributed by atoms with van der Waals surface area (Å²) in [5, 5.41) is 6.38. The number of nitrogens with one attached hydrogen (secondary N) is 2. The Labute approximate surface area is 223 Å². The molecule has 3 aromatic carbocycles. The molecule has 192 valence electrons. The van der Waals surface area contributed by atoms with Crippen LogP contribution in [0.3, 0.4) is 0 Å². The highest BCUT2D eigenvalue weighted by Crippen LogP contribution is 2.30. The molecule has 37 heavy (non-hydrogen) atoms. The van der Waals surface area contributed by atoms with Gasteiger partial charge in [0.05, 0.1) is 11.4 Å². The fourth-order valence-electron chi connectivity index (χ4n) is 4.97. The molecule has 1 fully saturated rings. The molecule has 0 aromatic heterocycles. The highest BCUT2D eigenvalue weighted by atomic mass is 32.2. The Balaban J connectivity index is 1.18. The number of nitrogens with zero attached hydrogens (tertiary/aromatic N) is 2. The molecule has 0 saturated carbocycles. The molecule has 6 nitrogen and oxygen atoms in total. The van der Waals surface area contributed by atoms with E-state index in [0.717, 1.165) is 24.5 Å². The topological polar surface area (TPSA) is 64.7 Å². The zero-order valence-electron chi connectivity index (χ0n) is 21.7. The van der Waals surface area contributed by atoms with E-state index in [1.54, 1.807) is 17.8 Å². The SMILES string of the molecule is Cc1ccccc1CSCC1Nc2ccc(C(=O)N3CCN(c4cccc(C)c4C)CC3)cc2NC1=O. The van der Waals surface area contributed by atoms with Crippen LogP contribution in [0.4, 0.5) is 17.1 Å². The molecule has 1 atom stereocenters. The molecule has 0 bridgehead atoms. The number of anilines is 3. The van der Waals surface area contributed by atoms with Crippen molar-refractivity contribution < 1.29 is 9.59 Å². The molecule has 2 aliphatic heterocycles. The second-order valence-electron chi connectivity index (χ2n) is 9.89. The van der Waals surface area contributed by atoms with Gasteiger partial charge in [-0.15, -0.1) is 0 Å². The van der Waals surface area contributed by atoms with Crippen molar-refractivity contribution in [2.75, 3.05) is 47.5 Å². The summed E-state index contributed by atoms with van der Waals surface area (Å²) in [7, 11) is 0. The Morgan fingerprint density at radius 1 is 0.919 bits per heavy atom. The average Bonchev–Trinajstić information content (AvgIpc) is 2.91. The van der Waals surface area contributed by atoms with E-state index >= 15 is 0 Å². The molecule has 2 amide bonds. The maximum Gasteiger partial charge on any atom is 0.254 e. The van der Waals surface area contributed by atoms with E-state index in [-0.39, 0.29) is 17.9 Å². The molecule has 5 rings (SSSR count). The molecule has 2 heterocycles. The summed E-state index contributed by atoms with van der Waals surface area (Å²) in [6.07, 6.45) is 0. The number of carbonyl (C=O) groups excluding carboxylic acids is 2. The normalized spacial score (nSPS) is 17.2. The van der Waals surface area contributed by atoms with Gasteiger partial charge in [0.1, 0.15) is 6.04 Å². The van der Waals surface area contributed by atoms with Gasteiger partial charge in [0.2, 0.25) is 5.91 Å². The zero-order chi connectivity index (χ0) is 25.9. The number of aryl methyl sites for hydroxylation is 2. The van der Waals surface area contributed by atoms with Gasteiger partial charge < -0.3 is 20.4 Å². The van der Waals surface area contributed by atoms with E-state index in [0.29, 0.717) is 30.1 Å². The smallest absolute Gasteiger partial charge is 0.254 e. The first kappa shape index (κ1) is 25.2. The molecular formula is C30H34N4O2S. The van der Waals surface area contributed by atoms with Gasteiger partial charge in [-0.05, 0) is 67.3 Å². The van der Waals surface area contributed by atoms with Crippen molar-refractivity contribution in [3.8, 4) is 0 Å². The highest BCUT2D eigenvalue weighted by molar-refractivity contribution is 7.98. The van der Waals surface area contributed by atoms with Crippen molar-refractivity contribution in [3.63, 3.8) is 0 Å². The minimum atomic E-state index is -0.304. The lowest BCUT2D eigenvalue weighted by Gasteiger charge is -2.37. The number of amides is 2. The van der Waals surface area contributed by atoms with Crippen molar-refractivity contribution in [3.05, 3.63) is 88.5 Å². The van der Waals surface area contributed by atoms with Crippen LogP contribution in [0, 0.1) is 20.8 Å². The highest BCUT2D eigenvalue weighted by Gasteiger charge is 2.28. The molecule has 1 saturated heterocycles. The Hall–Kier alpha value is -3.45. The third-order valence-corrected chi connectivity index (χ3v) is 8.54. The number of benzene rings is 3. The van der Waals surface area contributed by atoms with Gasteiger partial charge in [-0.25, -0.2) is 0 Å². The number of rotatable bonds is 6. The Kier molecular flexibility index (Phi) is 7.42. The van der Waals surface area contributed by atoms with E-state index in [1.165, 1.54) is 27.9 Å². The summed E-state index contributed by atoms with van der Waals surface area (Å²) in [5.41, 5.74) is 8.53. The number of hydrogen-bond acceptors (Lipinski definition) is 5. The predicted molar refractivity (Wildman–Crippen MR) is 154 cm³/mol. The van der Waals surface area contributed by atoms with E-state index < -0.39 is 0 Å². The number of thioether (sulfide) groups is 1. The van der Waals surface area contributed by atoms with Crippen LogP contribution in [0.1, 0.15) is 32.6 Å². The van der Waals surface area contributed by atoms with Gasteiger partial charge in [-0.2, -0.15) is 11.8 Å². The third kappa shape index (κ3) is 5.47. The molecule has 7 heteroatoms. The van der Waals surface area contributed by atoms with Crippen molar-refractivity contribution in [2.45, 2.75) is 32.6 Å². The summed E-state index contributed by atoms with van der Waals surface area (Å²) in [6.45, 7) is 9.37. The van der Waals surface area contributed by atoms with Crippen LogP contribution in [-0.2, 0) is 10.5 Å². The monoisotopic (exact) mass is 514 g/mol. The summed E-state index contributed by atoms with van der Waals surface area (Å²) in [4.78, 5) is 30.3. The van der Waals surface area contributed by atoms with Gasteiger partial charge in [0.15, 0.2) is 0 Å². The minimum absolute atomic E-state index is 0.00794. The largest absolute Gasteiger partial charge is 0.371 e. The van der Waals surface area contributed by atoms with Crippen molar-refractivity contribution in [1.82, 2.24) is 4.90 Å². The van der Waals surface area contributed by atoms with Gasteiger partial charge in [0.25, 0.3) is 5.91 Å². The maximum atomic E-state index is 13.3. The molecule has 0 spiro atoms. The average molecular weight is 515 g/mol. The van der Waals surface area contributed by atoms with Crippen LogP contribution in [0.25, 0.3) is 0 Å². The molecule has 3 aromatic rings. The standard InChI is InChI=1S/C30H34N4O2S/c1-20-8-6-10-28(22(20)3)33-13-15-34(16-14-33)30(36)23-11-12-25-26(17-23)32-29(35)27(31-25)19-37-18-24-9-5-4-7-21(24)2/h4-12,17,27,31H,13-16,18-19H2,1-3H3,(H,32,35). The number of hydrogen-bond donors (Lipinski definition) is 2.